The molecule has 0 radical (unpaired) electrons. The maximum absolute atomic E-state index is 11.9. The molecule has 0 saturated carbocycles. The molecule has 20 heavy (non-hydrogen) atoms. The second kappa shape index (κ2) is 6.29. The highest BCUT2D eigenvalue weighted by molar-refractivity contribution is 5.85. The SMILES string of the molecule is Cc1cc(=O)c2cc(OC3CCNCC3)ccc2o1.Cl. The van der Waals surface area contributed by atoms with Gasteiger partial charge in [0.15, 0.2) is 5.43 Å². The molecule has 0 aliphatic carbocycles. The Morgan fingerprint density at radius 1 is 1.25 bits per heavy atom. The molecule has 1 aliphatic heterocycles. The van der Waals surface area contributed by atoms with E-state index < -0.39 is 0 Å². The number of rotatable bonds is 2. The first-order chi connectivity index (χ1) is 9.22. The Kier molecular flexibility index (Phi) is 4.68. The van der Waals surface area contributed by atoms with Gasteiger partial charge in [0.1, 0.15) is 23.2 Å². The number of fused-ring (bicyclic) bond motifs is 1. The summed E-state index contributed by atoms with van der Waals surface area (Å²) in [6, 6.07) is 6.96. The minimum atomic E-state index is -0.0190. The number of ether oxygens (including phenoxy) is 1. The van der Waals surface area contributed by atoms with Crippen molar-refractivity contribution in [3.05, 3.63) is 40.2 Å². The van der Waals surface area contributed by atoms with Gasteiger partial charge in [0, 0.05) is 6.07 Å². The molecule has 0 unspecified atom stereocenters. The predicted octanol–water partition coefficient (Wildman–Crippen LogP) is 2.65. The Balaban J connectivity index is 0.00000147. The summed E-state index contributed by atoms with van der Waals surface area (Å²) in [6.45, 7) is 3.75. The van der Waals surface area contributed by atoms with Crippen molar-refractivity contribution in [2.75, 3.05) is 13.1 Å². The third-order valence-electron chi connectivity index (χ3n) is 3.41. The average molecular weight is 296 g/mol. The summed E-state index contributed by atoms with van der Waals surface area (Å²) in [5, 5.41) is 3.88. The zero-order chi connectivity index (χ0) is 13.2. The van der Waals surface area contributed by atoms with Gasteiger partial charge in [-0.1, -0.05) is 0 Å². The Hall–Kier alpha value is -1.52. The van der Waals surface area contributed by atoms with Crippen LogP contribution in [0.15, 0.2) is 33.5 Å². The minimum absolute atomic E-state index is 0. The zero-order valence-electron chi connectivity index (χ0n) is 11.3. The second-order valence-corrected chi connectivity index (χ2v) is 4.95. The van der Waals surface area contributed by atoms with Crippen LogP contribution in [-0.2, 0) is 0 Å². The number of hydrogen-bond acceptors (Lipinski definition) is 4. The molecular formula is C15H18ClNO3. The largest absolute Gasteiger partial charge is 0.490 e. The van der Waals surface area contributed by atoms with Gasteiger partial charge in [-0.05, 0) is 51.1 Å². The molecule has 1 aliphatic rings. The van der Waals surface area contributed by atoms with Crippen molar-refractivity contribution >= 4 is 23.4 Å². The van der Waals surface area contributed by atoms with Gasteiger partial charge < -0.3 is 14.5 Å². The van der Waals surface area contributed by atoms with E-state index in [4.69, 9.17) is 9.15 Å². The molecule has 0 amide bonds. The molecular weight excluding hydrogens is 278 g/mol. The van der Waals surface area contributed by atoms with E-state index in [0.29, 0.717) is 16.7 Å². The molecule has 0 atom stereocenters. The van der Waals surface area contributed by atoms with Gasteiger partial charge in [0.05, 0.1) is 5.39 Å². The summed E-state index contributed by atoms with van der Waals surface area (Å²) in [4.78, 5) is 11.9. The first kappa shape index (κ1) is 14.9. The van der Waals surface area contributed by atoms with E-state index in [1.807, 2.05) is 6.07 Å². The molecule has 1 aromatic heterocycles. The molecule has 2 aromatic rings. The topological polar surface area (TPSA) is 51.5 Å². The second-order valence-electron chi connectivity index (χ2n) is 4.95. The lowest BCUT2D eigenvalue weighted by Gasteiger charge is -2.23. The fourth-order valence-corrected chi connectivity index (χ4v) is 2.43. The smallest absolute Gasteiger partial charge is 0.193 e. The summed E-state index contributed by atoms with van der Waals surface area (Å²) < 4.78 is 11.4. The van der Waals surface area contributed by atoms with Crippen LogP contribution < -0.4 is 15.5 Å². The van der Waals surface area contributed by atoms with Crippen LogP contribution in [0.25, 0.3) is 11.0 Å². The van der Waals surface area contributed by atoms with Crippen molar-refractivity contribution in [2.24, 2.45) is 0 Å². The van der Waals surface area contributed by atoms with Gasteiger partial charge >= 0.3 is 0 Å². The van der Waals surface area contributed by atoms with Crippen LogP contribution >= 0.6 is 12.4 Å². The molecule has 5 heteroatoms. The van der Waals surface area contributed by atoms with Crippen LogP contribution in [0.4, 0.5) is 0 Å². The van der Waals surface area contributed by atoms with Crippen LogP contribution in [-0.4, -0.2) is 19.2 Å². The van der Waals surface area contributed by atoms with E-state index in [-0.39, 0.29) is 23.9 Å². The monoisotopic (exact) mass is 295 g/mol. The number of halogens is 1. The zero-order valence-corrected chi connectivity index (χ0v) is 12.2. The molecule has 1 fully saturated rings. The standard InChI is InChI=1S/C15H17NO3.ClH/c1-10-8-14(17)13-9-12(2-3-15(13)18-10)19-11-4-6-16-7-5-11;/h2-3,8-9,11,16H,4-7H2,1H3;1H. The Morgan fingerprint density at radius 3 is 2.75 bits per heavy atom. The van der Waals surface area contributed by atoms with E-state index in [0.717, 1.165) is 31.7 Å². The van der Waals surface area contributed by atoms with Crippen LogP contribution in [0.1, 0.15) is 18.6 Å². The fourth-order valence-electron chi connectivity index (χ4n) is 2.43. The number of aryl methyl sites for hydroxylation is 1. The van der Waals surface area contributed by atoms with Crippen molar-refractivity contribution in [1.29, 1.82) is 0 Å². The van der Waals surface area contributed by atoms with E-state index in [2.05, 4.69) is 5.32 Å². The molecule has 0 bridgehead atoms. The highest BCUT2D eigenvalue weighted by atomic mass is 35.5. The van der Waals surface area contributed by atoms with E-state index in [9.17, 15) is 4.79 Å². The van der Waals surface area contributed by atoms with E-state index >= 15 is 0 Å². The van der Waals surface area contributed by atoms with Crippen molar-refractivity contribution in [2.45, 2.75) is 25.9 Å². The van der Waals surface area contributed by atoms with Crippen LogP contribution in [0.3, 0.4) is 0 Å². The van der Waals surface area contributed by atoms with Crippen molar-refractivity contribution in [3.63, 3.8) is 0 Å². The van der Waals surface area contributed by atoms with Crippen LogP contribution in [0.2, 0.25) is 0 Å². The normalized spacial score (nSPS) is 15.8. The summed E-state index contributed by atoms with van der Waals surface area (Å²) in [6.07, 6.45) is 2.23. The van der Waals surface area contributed by atoms with Crippen molar-refractivity contribution in [3.8, 4) is 5.75 Å². The highest BCUT2D eigenvalue weighted by Gasteiger charge is 2.15. The van der Waals surface area contributed by atoms with Gasteiger partial charge in [-0.25, -0.2) is 0 Å². The number of benzene rings is 1. The van der Waals surface area contributed by atoms with Crippen molar-refractivity contribution in [1.82, 2.24) is 5.32 Å². The highest BCUT2D eigenvalue weighted by Crippen LogP contribution is 2.21. The molecule has 2 heterocycles. The summed E-state index contributed by atoms with van der Waals surface area (Å²) in [5.41, 5.74) is 0.595. The Labute approximate surface area is 123 Å². The Bertz CT molecular complexity index is 647. The summed E-state index contributed by atoms with van der Waals surface area (Å²) >= 11 is 0. The first-order valence-corrected chi connectivity index (χ1v) is 6.64. The lowest BCUT2D eigenvalue weighted by Crippen LogP contribution is -2.34. The summed E-state index contributed by atoms with van der Waals surface area (Å²) in [5.74, 6) is 1.38. The number of hydrogen-bond donors (Lipinski definition) is 1. The Morgan fingerprint density at radius 2 is 2.00 bits per heavy atom. The van der Waals surface area contributed by atoms with Gasteiger partial charge in [-0.2, -0.15) is 0 Å². The molecule has 4 nitrogen and oxygen atoms in total. The minimum Gasteiger partial charge on any atom is -0.490 e. The average Bonchev–Trinajstić information content (AvgIpc) is 2.40. The first-order valence-electron chi connectivity index (χ1n) is 6.64. The van der Waals surface area contributed by atoms with Gasteiger partial charge in [-0.3, -0.25) is 4.79 Å². The molecule has 1 N–H and O–H groups in total. The van der Waals surface area contributed by atoms with E-state index in [1.165, 1.54) is 6.07 Å². The molecule has 0 spiro atoms. The fraction of sp³-hybridized carbons (Fsp3) is 0.400. The lowest BCUT2D eigenvalue weighted by molar-refractivity contribution is 0.162. The predicted molar refractivity (Wildman–Crippen MR) is 81.0 cm³/mol. The maximum atomic E-state index is 11.9. The molecule has 1 aromatic carbocycles. The quantitative estimate of drug-likeness (QED) is 0.925. The van der Waals surface area contributed by atoms with Gasteiger partial charge in [0.2, 0.25) is 0 Å². The molecule has 3 rings (SSSR count). The third kappa shape index (κ3) is 3.14. The lowest BCUT2D eigenvalue weighted by atomic mass is 10.1. The number of piperidine rings is 1. The van der Waals surface area contributed by atoms with Gasteiger partial charge in [0.25, 0.3) is 0 Å². The summed E-state index contributed by atoms with van der Waals surface area (Å²) in [7, 11) is 0. The number of nitrogens with one attached hydrogen (secondary N) is 1. The van der Waals surface area contributed by atoms with Gasteiger partial charge in [-0.15, -0.1) is 12.4 Å². The maximum Gasteiger partial charge on any atom is 0.193 e. The van der Waals surface area contributed by atoms with Crippen LogP contribution in [0, 0.1) is 6.92 Å². The van der Waals surface area contributed by atoms with Crippen LogP contribution in [0.5, 0.6) is 5.75 Å². The molecule has 1 saturated heterocycles. The third-order valence-corrected chi connectivity index (χ3v) is 3.41. The van der Waals surface area contributed by atoms with Crippen molar-refractivity contribution < 1.29 is 9.15 Å². The van der Waals surface area contributed by atoms with E-state index in [1.54, 1.807) is 19.1 Å². The molecule has 108 valence electrons.